The van der Waals surface area contributed by atoms with E-state index in [9.17, 15) is 12.8 Å². The second-order valence-corrected chi connectivity index (χ2v) is 5.40. The minimum absolute atomic E-state index is 0.0503. The van der Waals surface area contributed by atoms with Crippen LogP contribution in [0.15, 0.2) is 23.1 Å². The van der Waals surface area contributed by atoms with Gasteiger partial charge >= 0.3 is 0 Å². The van der Waals surface area contributed by atoms with Crippen molar-refractivity contribution < 1.29 is 22.3 Å². The average molecular weight is 277 g/mol. The third-order valence-electron chi connectivity index (χ3n) is 2.41. The summed E-state index contributed by atoms with van der Waals surface area (Å²) in [5.74, 6) is -0.601. The Morgan fingerprint density at radius 1 is 1.33 bits per heavy atom. The number of ether oxygens (including phenoxy) is 2. The largest absolute Gasteiger partial charge is 0.355 e. The summed E-state index contributed by atoms with van der Waals surface area (Å²) in [7, 11) is -0.981. The fourth-order valence-corrected chi connectivity index (χ4v) is 2.65. The van der Waals surface area contributed by atoms with E-state index in [0.717, 1.165) is 6.07 Å². The molecule has 0 amide bonds. The molecule has 0 atom stereocenters. The molecular weight excluding hydrogens is 261 g/mol. The van der Waals surface area contributed by atoms with Crippen LogP contribution < -0.4 is 4.72 Å². The van der Waals surface area contributed by atoms with Crippen LogP contribution in [-0.2, 0) is 19.5 Å². The summed E-state index contributed by atoms with van der Waals surface area (Å²) >= 11 is 0. The smallest absolute Gasteiger partial charge is 0.241 e. The van der Waals surface area contributed by atoms with Gasteiger partial charge in [0.2, 0.25) is 10.0 Å². The highest BCUT2D eigenvalue weighted by Crippen LogP contribution is 2.16. The van der Waals surface area contributed by atoms with Crippen LogP contribution in [-0.4, -0.2) is 35.5 Å². The molecule has 0 aliphatic carbocycles. The van der Waals surface area contributed by atoms with E-state index in [1.807, 2.05) is 0 Å². The molecule has 0 aromatic heterocycles. The number of hydrogen-bond acceptors (Lipinski definition) is 4. The number of benzene rings is 1. The maximum absolute atomic E-state index is 13.1. The van der Waals surface area contributed by atoms with Crippen LogP contribution in [0.25, 0.3) is 0 Å². The maximum atomic E-state index is 13.1. The SMILES string of the molecule is COC(CNS(=O)(=O)c1cc(F)ccc1C)OC. The number of nitrogens with one attached hydrogen (secondary N) is 1. The lowest BCUT2D eigenvalue weighted by Crippen LogP contribution is -2.34. The predicted octanol–water partition coefficient (Wildman–Crippen LogP) is 1.03. The standard InChI is InChI=1S/C11H16FNO4S/c1-8-4-5-9(12)6-10(8)18(14,15)13-7-11(16-2)17-3/h4-6,11,13H,7H2,1-3H3. The van der Waals surface area contributed by atoms with E-state index in [2.05, 4.69) is 4.72 Å². The molecular formula is C11H16FNO4S. The third-order valence-corrected chi connectivity index (χ3v) is 3.97. The van der Waals surface area contributed by atoms with E-state index in [1.165, 1.54) is 26.4 Å². The van der Waals surface area contributed by atoms with Gasteiger partial charge in [-0.3, -0.25) is 0 Å². The molecule has 0 radical (unpaired) electrons. The van der Waals surface area contributed by atoms with Gasteiger partial charge in [-0.25, -0.2) is 17.5 Å². The van der Waals surface area contributed by atoms with Crippen molar-refractivity contribution in [3.05, 3.63) is 29.6 Å². The van der Waals surface area contributed by atoms with Crippen LogP contribution in [0, 0.1) is 12.7 Å². The number of rotatable bonds is 6. The zero-order chi connectivity index (χ0) is 13.8. The van der Waals surface area contributed by atoms with Gasteiger partial charge in [0.05, 0.1) is 11.4 Å². The molecule has 18 heavy (non-hydrogen) atoms. The molecule has 7 heteroatoms. The topological polar surface area (TPSA) is 64.6 Å². The zero-order valence-corrected chi connectivity index (χ0v) is 11.3. The Balaban J connectivity index is 2.89. The van der Waals surface area contributed by atoms with E-state index in [4.69, 9.17) is 9.47 Å². The van der Waals surface area contributed by atoms with Gasteiger partial charge in [-0.15, -0.1) is 0 Å². The van der Waals surface area contributed by atoms with Crippen LogP contribution in [0.5, 0.6) is 0 Å². The Morgan fingerprint density at radius 3 is 2.50 bits per heavy atom. The summed E-state index contributed by atoms with van der Waals surface area (Å²) in [5, 5.41) is 0. The van der Waals surface area contributed by atoms with Gasteiger partial charge in [-0.05, 0) is 24.6 Å². The Labute approximate surface area is 106 Å². The Kier molecular flexibility index (Phi) is 5.21. The van der Waals surface area contributed by atoms with Gasteiger partial charge in [0, 0.05) is 14.2 Å². The number of sulfonamides is 1. The number of hydrogen-bond donors (Lipinski definition) is 1. The van der Waals surface area contributed by atoms with Crippen molar-refractivity contribution in [1.29, 1.82) is 0 Å². The minimum atomic E-state index is -3.78. The fourth-order valence-electron chi connectivity index (χ4n) is 1.38. The van der Waals surface area contributed by atoms with Crippen molar-refractivity contribution >= 4 is 10.0 Å². The molecule has 0 fully saturated rings. The fraction of sp³-hybridized carbons (Fsp3) is 0.455. The quantitative estimate of drug-likeness (QED) is 0.789. The summed E-state index contributed by atoms with van der Waals surface area (Å²) in [6.45, 7) is 1.55. The summed E-state index contributed by atoms with van der Waals surface area (Å²) in [6.07, 6.45) is -0.686. The van der Waals surface area contributed by atoms with Crippen LogP contribution in [0.1, 0.15) is 5.56 Å². The molecule has 0 heterocycles. The van der Waals surface area contributed by atoms with E-state index in [1.54, 1.807) is 6.92 Å². The van der Waals surface area contributed by atoms with Crippen LogP contribution >= 0.6 is 0 Å². The molecule has 102 valence electrons. The van der Waals surface area contributed by atoms with E-state index < -0.39 is 22.1 Å². The first-order valence-corrected chi connectivity index (χ1v) is 6.70. The Hall–Kier alpha value is -1.02. The Bertz CT molecular complexity index is 500. The first kappa shape index (κ1) is 15.0. The van der Waals surface area contributed by atoms with Crippen molar-refractivity contribution in [2.24, 2.45) is 0 Å². The summed E-state index contributed by atoms with van der Waals surface area (Å²) < 4.78 is 49.0. The first-order valence-electron chi connectivity index (χ1n) is 5.22. The molecule has 0 saturated heterocycles. The highest BCUT2D eigenvalue weighted by molar-refractivity contribution is 7.89. The van der Waals surface area contributed by atoms with Gasteiger partial charge < -0.3 is 9.47 Å². The van der Waals surface area contributed by atoms with Gasteiger partial charge in [0.1, 0.15) is 5.82 Å². The minimum Gasteiger partial charge on any atom is -0.355 e. The van der Waals surface area contributed by atoms with E-state index >= 15 is 0 Å². The van der Waals surface area contributed by atoms with Crippen molar-refractivity contribution in [3.8, 4) is 0 Å². The molecule has 0 bridgehead atoms. The van der Waals surface area contributed by atoms with Crippen molar-refractivity contribution in [2.45, 2.75) is 18.1 Å². The van der Waals surface area contributed by atoms with E-state index in [0.29, 0.717) is 5.56 Å². The van der Waals surface area contributed by atoms with E-state index in [-0.39, 0.29) is 11.4 Å². The lowest BCUT2D eigenvalue weighted by molar-refractivity contribution is -0.0960. The zero-order valence-electron chi connectivity index (χ0n) is 10.4. The predicted molar refractivity (Wildman–Crippen MR) is 64.1 cm³/mol. The van der Waals surface area contributed by atoms with Crippen molar-refractivity contribution in [1.82, 2.24) is 4.72 Å². The van der Waals surface area contributed by atoms with Crippen molar-refractivity contribution in [3.63, 3.8) is 0 Å². The number of aryl methyl sites for hydroxylation is 1. The molecule has 0 spiro atoms. The lowest BCUT2D eigenvalue weighted by Gasteiger charge is -2.15. The van der Waals surface area contributed by atoms with Gasteiger partial charge in [-0.2, -0.15) is 0 Å². The molecule has 5 nitrogen and oxygen atoms in total. The molecule has 1 aromatic rings. The normalized spacial score (nSPS) is 12.1. The van der Waals surface area contributed by atoms with Crippen molar-refractivity contribution in [2.75, 3.05) is 20.8 Å². The molecule has 1 rings (SSSR count). The first-order chi connectivity index (χ1) is 8.40. The summed E-state index contributed by atoms with van der Waals surface area (Å²) in [4.78, 5) is -0.0894. The second-order valence-electron chi connectivity index (χ2n) is 3.66. The number of methoxy groups -OCH3 is 2. The molecule has 1 N–H and O–H groups in total. The maximum Gasteiger partial charge on any atom is 0.241 e. The highest BCUT2D eigenvalue weighted by Gasteiger charge is 2.19. The monoisotopic (exact) mass is 277 g/mol. The molecule has 0 saturated carbocycles. The van der Waals surface area contributed by atoms with Crippen LogP contribution in [0.4, 0.5) is 4.39 Å². The average Bonchev–Trinajstić information content (AvgIpc) is 2.33. The third kappa shape index (κ3) is 3.74. The summed E-state index contributed by atoms with van der Waals surface area (Å²) in [5.41, 5.74) is 0.468. The van der Waals surface area contributed by atoms with Crippen LogP contribution in [0.3, 0.4) is 0 Å². The lowest BCUT2D eigenvalue weighted by atomic mass is 10.2. The summed E-state index contributed by atoms with van der Waals surface area (Å²) in [6, 6.07) is 3.60. The number of halogens is 1. The van der Waals surface area contributed by atoms with Gasteiger partial charge in [0.15, 0.2) is 6.29 Å². The van der Waals surface area contributed by atoms with Gasteiger partial charge in [-0.1, -0.05) is 6.07 Å². The second kappa shape index (κ2) is 6.24. The Morgan fingerprint density at radius 2 is 1.94 bits per heavy atom. The molecule has 1 aromatic carbocycles. The van der Waals surface area contributed by atoms with Crippen LogP contribution in [0.2, 0.25) is 0 Å². The highest BCUT2D eigenvalue weighted by atomic mass is 32.2. The molecule has 0 unspecified atom stereocenters. The molecule has 0 aliphatic rings. The van der Waals surface area contributed by atoms with Gasteiger partial charge in [0.25, 0.3) is 0 Å². The molecule has 0 aliphatic heterocycles.